The lowest BCUT2D eigenvalue weighted by Gasteiger charge is -2.33. The summed E-state index contributed by atoms with van der Waals surface area (Å²) in [6.07, 6.45) is 1.63. The average molecular weight is 468 g/mol. The molecule has 0 aliphatic carbocycles. The van der Waals surface area contributed by atoms with Crippen LogP contribution in [-0.2, 0) is 19.3 Å². The van der Waals surface area contributed by atoms with Crippen molar-refractivity contribution in [2.75, 3.05) is 14.2 Å². The van der Waals surface area contributed by atoms with E-state index in [1.54, 1.807) is 20.2 Å². The van der Waals surface area contributed by atoms with Crippen molar-refractivity contribution >= 4 is 24.0 Å². The molecule has 1 amide bonds. The van der Waals surface area contributed by atoms with Crippen molar-refractivity contribution < 1.29 is 14.3 Å². The van der Waals surface area contributed by atoms with Crippen molar-refractivity contribution in [1.82, 2.24) is 5.32 Å². The maximum Gasteiger partial charge on any atom is 0.251 e. The Morgan fingerprint density at radius 3 is 2.61 bits per heavy atom. The fraction of sp³-hybridized carbons (Fsp3) is 0.423. The van der Waals surface area contributed by atoms with E-state index in [1.807, 2.05) is 18.2 Å². The Kier molecular flexibility index (Phi) is 6.50. The van der Waals surface area contributed by atoms with E-state index >= 15 is 0 Å². The zero-order valence-electron chi connectivity index (χ0n) is 20.0. The van der Waals surface area contributed by atoms with Crippen LogP contribution in [0.2, 0.25) is 0 Å². The molecule has 0 aromatic heterocycles. The highest BCUT2D eigenvalue weighted by atomic mass is 35.5. The Hall–Kier alpha value is -3.04. The SMILES string of the molecule is CNC(=O)c1cccc(C2=NC(C)(C)Cc3c(CC#N)c(OC)c4c(c32)CC(C)(C)O4)c1.Cl. The maximum absolute atomic E-state index is 12.3. The van der Waals surface area contributed by atoms with Gasteiger partial charge in [0, 0.05) is 41.3 Å². The van der Waals surface area contributed by atoms with Crippen LogP contribution in [0.5, 0.6) is 11.5 Å². The summed E-state index contributed by atoms with van der Waals surface area (Å²) in [6.45, 7) is 8.29. The second-order valence-electron chi connectivity index (χ2n) is 9.66. The van der Waals surface area contributed by atoms with Gasteiger partial charge in [0.05, 0.1) is 30.9 Å². The number of nitrogens with one attached hydrogen (secondary N) is 1. The predicted molar refractivity (Wildman–Crippen MR) is 131 cm³/mol. The molecule has 2 aromatic carbocycles. The first-order valence-electron chi connectivity index (χ1n) is 10.8. The number of carbonyl (C=O) groups excluding carboxylic acids is 1. The Morgan fingerprint density at radius 2 is 1.97 bits per heavy atom. The van der Waals surface area contributed by atoms with Gasteiger partial charge in [0.15, 0.2) is 11.5 Å². The monoisotopic (exact) mass is 467 g/mol. The van der Waals surface area contributed by atoms with E-state index in [0.717, 1.165) is 33.5 Å². The van der Waals surface area contributed by atoms with Gasteiger partial charge in [0.1, 0.15) is 5.60 Å². The zero-order valence-corrected chi connectivity index (χ0v) is 20.8. The molecule has 0 atom stereocenters. The van der Waals surface area contributed by atoms with Crippen LogP contribution in [-0.4, -0.2) is 36.9 Å². The van der Waals surface area contributed by atoms with Gasteiger partial charge in [-0.25, -0.2) is 0 Å². The highest BCUT2D eigenvalue weighted by Gasteiger charge is 2.41. The number of nitrogens with zero attached hydrogens (tertiary/aromatic N) is 2. The van der Waals surface area contributed by atoms with Gasteiger partial charge < -0.3 is 14.8 Å². The van der Waals surface area contributed by atoms with E-state index in [9.17, 15) is 10.1 Å². The molecule has 2 heterocycles. The minimum Gasteiger partial charge on any atom is -0.493 e. The summed E-state index contributed by atoms with van der Waals surface area (Å²) in [4.78, 5) is 17.4. The normalized spacial score (nSPS) is 16.8. The van der Waals surface area contributed by atoms with Gasteiger partial charge in [-0.2, -0.15) is 5.26 Å². The maximum atomic E-state index is 12.3. The largest absolute Gasteiger partial charge is 0.493 e. The number of hydrogen-bond acceptors (Lipinski definition) is 5. The molecule has 1 N–H and O–H groups in total. The van der Waals surface area contributed by atoms with Crippen LogP contribution >= 0.6 is 12.4 Å². The third kappa shape index (κ3) is 4.30. The van der Waals surface area contributed by atoms with E-state index in [4.69, 9.17) is 14.5 Å². The Bertz CT molecular complexity index is 1190. The molecule has 0 spiro atoms. The molecule has 0 bridgehead atoms. The van der Waals surface area contributed by atoms with Gasteiger partial charge in [-0.15, -0.1) is 12.4 Å². The molecular formula is C26H30ClN3O3. The van der Waals surface area contributed by atoms with Crippen LogP contribution < -0.4 is 14.8 Å². The molecule has 2 aromatic rings. The number of methoxy groups -OCH3 is 1. The second kappa shape index (κ2) is 8.72. The van der Waals surface area contributed by atoms with E-state index in [0.29, 0.717) is 29.9 Å². The number of hydrogen-bond donors (Lipinski definition) is 1. The van der Waals surface area contributed by atoms with E-state index in [-0.39, 0.29) is 30.3 Å². The molecule has 0 fully saturated rings. The molecule has 4 rings (SSSR count). The first-order chi connectivity index (χ1) is 15.1. The van der Waals surface area contributed by atoms with Gasteiger partial charge >= 0.3 is 0 Å². The van der Waals surface area contributed by atoms with E-state index < -0.39 is 5.60 Å². The van der Waals surface area contributed by atoms with Crippen LogP contribution in [0.25, 0.3) is 0 Å². The lowest BCUT2D eigenvalue weighted by Crippen LogP contribution is -2.32. The molecule has 33 heavy (non-hydrogen) atoms. The first-order valence-corrected chi connectivity index (χ1v) is 10.8. The summed E-state index contributed by atoms with van der Waals surface area (Å²) < 4.78 is 12.1. The Morgan fingerprint density at radius 1 is 1.24 bits per heavy atom. The van der Waals surface area contributed by atoms with Crippen molar-refractivity contribution in [2.45, 2.75) is 58.1 Å². The van der Waals surface area contributed by atoms with Crippen LogP contribution in [0.4, 0.5) is 0 Å². The quantitative estimate of drug-likeness (QED) is 0.721. The summed E-state index contributed by atoms with van der Waals surface area (Å²) in [5.74, 6) is 1.22. The van der Waals surface area contributed by atoms with Gasteiger partial charge in [0.25, 0.3) is 5.91 Å². The number of benzene rings is 2. The number of nitriles is 1. The molecular weight excluding hydrogens is 438 g/mol. The van der Waals surface area contributed by atoms with Crippen molar-refractivity contribution in [2.24, 2.45) is 4.99 Å². The number of halogens is 1. The topological polar surface area (TPSA) is 83.7 Å². The zero-order chi connectivity index (χ0) is 23.3. The number of aliphatic imine (C=N–C) groups is 1. The molecule has 0 saturated heterocycles. The summed E-state index contributed by atoms with van der Waals surface area (Å²) in [5.41, 5.74) is 5.56. The van der Waals surface area contributed by atoms with Crippen molar-refractivity contribution in [1.29, 1.82) is 5.26 Å². The highest BCUT2D eigenvalue weighted by Crippen LogP contribution is 2.50. The number of rotatable bonds is 4. The Balaban J connectivity index is 0.00000306. The lowest BCUT2D eigenvalue weighted by atomic mass is 9.78. The minimum absolute atomic E-state index is 0. The number of fused-ring (bicyclic) bond motifs is 3. The molecule has 0 saturated carbocycles. The number of ether oxygens (including phenoxy) is 2. The van der Waals surface area contributed by atoms with Crippen LogP contribution in [0.1, 0.15) is 65.9 Å². The molecule has 2 aliphatic rings. The molecule has 6 nitrogen and oxygen atoms in total. The van der Waals surface area contributed by atoms with Gasteiger partial charge in [-0.05, 0) is 51.8 Å². The van der Waals surface area contributed by atoms with E-state index in [2.05, 4.69) is 39.1 Å². The van der Waals surface area contributed by atoms with Crippen LogP contribution in [0.3, 0.4) is 0 Å². The third-order valence-corrected chi connectivity index (χ3v) is 6.05. The van der Waals surface area contributed by atoms with Crippen LogP contribution in [0.15, 0.2) is 29.3 Å². The van der Waals surface area contributed by atoms with E-state index in [1.165, 1.54) is 0 Å². The first kappa shape index (κ1) is 24.6. The Labute approximate surface area is 201 Å². The van der Waals surface area contributed by atoms with Gasteiger partial charge in [0.2, 0.25) is 0 Å². The summed E-state index contributed by atoms with van der Waals surface area (Å²) in [6, 6.07) is 9.84. The highest BCUT2D eigenvalue weighted by molar-refractivity contribution is 6.17. The van der Waals surface area contributed by atoms with Crippen molar-refractivity contribution in [3.63, 3.8) is 0 Å². The van der Waals surface area contributed by atoms with Crippen LogP contribution in [0, 0.1) is 11.3 Å². The number of carbonyl (C=O) groups is 1. The fourth-order valence-electron chi connectivity index (χ4n) is 4.83. The predicted octanol–water partition coefficient (Wildman–Crippen LogP) is 4.43. The minimum atomic E-state index is -0.392. The lowest BCUT2D eigenvalue weighted by molar-refractivity contribution is 0.0963. The van der Waals surface area contributed by atoms with Crippen molar-refractivity contribution in [3.8, 4) is 17.6 Å². The third-order valence-electron chi connectivity index (χ3n) is 6.05. The molecule has 0 unspecified atom stereocenters. The standard InChI is InChI=1S/C26H29N3O3.ClH/c1-25(2)13-18-17(10-11-27)22(31-6)23-19(14-26(3,4)32-23)20(18)21(29-25)15-8-7-9-16(12-15)24(30)28-5;/h7-9,12H,10,13-14H2,1-6H3,(H,28,30);1H. The molecule has 174 valence electrons. The smallest absolute Gasteiger partial charge is 0.251 e. The fourth-order valence-corrected chi connectivity index (χ4v) is 4.83. The van der Waals surface area contributed by atoms with Crippen molar-refractivity contribution in [3.05, 3.63) is 57.6 Å². The molecule has 2 aliphatic heterocycles. The summed E-state index contributed by atoms with van der Waals surface area (Å²) in [7, 11) is 3.26. The average Bonchev–Trinajstić information content (AvgIpc) is 3.07. The summed E-state index contributed by atoms with van der Waals surface area (Å²) >= 11 is 0. The summed E-state index contributed by atoms with van der Waals surface area (Å²) in [5, 5.41) is 12.3. The molecule has 0 radical (unpaired) electrons. The second-order valence-corrected chi connectivity index (χ2v) is 9.66. The van der Waals surface area contributed by atoms with Gasteiger partial charge in [-0.1, -0.05) is 12.1 Å². The number of amides is 1. The van der Waals surface area contributed by atoms with Gasteiger partial charge in [-0.3, -0.25) is 9.79 Å². The molecule has 7 heteroatoms.